The molecule has 116 valence electrons. The lowest BCUT2D eigenvalue weighted by Gasteiger charge is -2.50. The zero-order chi connectivity index (χ0) is 15.8. The first-order chi connectivity index (χ1) is 9.74. The number of carbonyl (C=O) groups excluding carboxylic acids is 1. The van der Waals surface area contributed by atoms with Crippen LogP contribution in [0.15, 0.2) is 35.5 Å². The highest BCUT2D eigenvalue weighted by Crippen LogP contribution is 2.56. The van der Waals surface area contributed by atoms with Gasteiger partial charge in [0.05, 0.1) is 0 Å². The van der Waals surface area contributed by atoms with Crippen molar-refractivity contribution in [2.45, 2.75) is 60.8 Å². The molecule has 4 atom stereocenters. The molecule has 0 bridgehead atoms. The van der Waals surface area contributed by atoms with E-state index < -0.39 is 0 Å². The Bertz CT molecular complexity index is 522. The van der Waals surface area contributed by atoms with Crippen LogP contribution < -0.4 is 0 Å². The van der Waals surface area contributed by atoms with Gasteiger partial charge in [-0.05, 0) is 61.7 Å². The number of hydrogen-bond acceptors (Lipinski definition) is 1. The summed E-state index contributed by atoms with van der Waals surface area (Å²) in [5, 5.41) is 0. The van der Waals surface area contributed by atoms with Gasteiger partial charge >= 0.3 is 0 Å². The number of ketones is 1. The standard InChI is InChI=1S/C20H30O/c1-7-14(2)8-10-19(5)15(3)9-11-20(6)16(4)12-17(21)13-18(19)20/h9,11-15H,7-8,10H2,1-6H3/t14?,15-,19+,20+/m1/s1. The maximum atomic E-state index is 12.1. The van der Waals surface area contributed by atoms with E-state index in [1.54, 1.807) is 6.08 Å². The summed E-state index contributed by atoms with van der Waals surface area (Å²) < 4.78 is 0. The minimum Gasteiger partial charge on any atom is -0.290 e. The van der Waals surface area contributed by atoms with Crippen LogP contribution in [0.5, 0.6) is 0 Å². The van der Waals surface area contributed by atoms with Crippen molar-refractivity contribution in [2.24, 2.45) is 22.7 Å². The first kappa shape index (κ1) is 16.3. The molecule has 1 heteroatoms. The van der Waals surface area contributed by atoms with Crippen LogP contribution in [0.3, 0.4) is 0 Å². The number of allylic oxidation sites excluding steroid dienone is 6. The third-order valence-electron chi connectivity index (χ3n) is 6.22. The van der Waals surface area contributed by atoms with E-state index in [-0.39, 0.29) is 16.6 Å². The average molecular weight is 286 g/mol. The minimum atomic E-state index is -0.0649. The van der Waals surface area contributed by atoms with Gasteiger partial charge in [0.2, 0.25) is 0 Å². The molecule has 2 aliphatic rings. The SMILES string of the molecule is CCC(C)CC[C@]1(C)C2=CC(=O)C=C(C)[C@]2(C)C=C[C@H]1C. The highest BCUT2D eigenvalue weighted by Gasteiger charge is 2.47. The molecule has 0 saturated heterocycles. The van der Waals surface area contributed by atoms with E-state index >= 15 is 0 Å². The van der Waals surface area contributed by atoms with Gasteiger partial charge in [-0.1, -0.05) is 51.8 Å². The highest BCUT2D eigenvalue weighted by atomic mass is 16.1. The Morgan fingerprint density at radius 1 is 1.29 bits per heavy atom. The van der Waals surface area contributed by atoms with E-state index in [2.05, 4.69) is 53.7 Å². The second-order valence-corrected chi connectivity index (χ2v) is 7.61. The fourth-order valence-electron chi connectivity index (χ4n) is 3.80. The topological polar surface area (TPSA) is 17.1 Å². The zero-order valence-electron chi connectivity index (χ0n) is 14.5. The Morgan fingerprint density at radius 3 is 2.57 bits per heavy atom. The largest absolute Gasteiger partial charge is 0.290 e. The molecule has 0 aromatic heterocycles. The van der Waals surface area contributed by atoms with Crippen LogP contribution in [0.1, 0.15) is 60.8 Å². The first-order valence-electron chi connectivity index (χ1n) is 8.38. The van der Waals surface area contributed by atoms with Crippen LogP contribution in [0.2, 0.25) is 0 Å². The summed E-state index contributed by atoms with van der Waals surface area (Å²) in [6, 6.07) is 0. The zero-order valence-corrected chi connectivity index (χ0v) is 14.5. The molecule has 0 aliphatic heterocycles. The predicted octanol–water partition coefficient (Wildman–Crippen LogP) is 5.49. The molecule has 0 aromatic carbocycles. The Balaban J connectivity index is 2.41. The molecule has 2 aliphatic carbocycles. The summed E-state index contributed by atoms with van der Waals surface area (Å²) in [5.74, 6) is 1.40. The van der Waals surface area contributed by atoms with E-state index in [1.807, 2.05) is 6.08 Å². The molecule has 1 nitrogen and oxygen atoms in total. The average Bonchev–Trinajstić information content (AvgIpc) is 2.44. The smallest absolute Gasteiger partial charge is 0.178 e. The molecular weight excluding hydrogens is 256 g/mol. The molecule has 0 radical (unpaired) electrons. The van der Waals surface area contributed by atoms with E-state index in [4.69, 9.17) is 0 Å². The molecular formula is C20H30O. The van der Waals surface area contributed by atoms with Crippen LogP contribution in [-0.2, 0) is 4.79 Å². The van der Waals surface area contributed by atoms with Crippen LogP contribution in [0.25, 0.3) is 0 Å². The van der Waals surface area contributed by atoms with Crippen LogP contribution in [0, 0.1) is 22.7 Å². The van der Waals surface area contributed by atoms with Crippen LogP contribution in [-0.4, -0.2) is 5.78 Å². The fraction of sp³-hybridized carbons (Fsp3) is 0.650. The molecule has 0 amide bonds. The number of carbonyl (C=O) groups is 1. The van der Waals surface area contributed by atoms with Gasteiger partial charge in [0.1, 0.15) is 0 Å². The second kappa shape index (κ2) is 5.59. The first-order valence-corrected chi connectivity index (χ1v) is 8.38. The van der Waals surface area contributed by atoms with Crippen LogP contribution in [0.4, 0.5) is 0 Å². The summed E-state index contributed by atoms with van der Waals surface area (Å²) in [6.45, 7) is 13.6. The Morgan fingerprint density at radius 2 is 1.95 bits per heavy atom. The molecule has 0 heterocycles. The second-order valence-electron chi connectivity index (χ2n) is 7.61. The van der Waals surface area contributed by atoms with Crippen molar-refractivity contribution in [2.75, 3.05) is 0 Å². The molecule has 0 fully saturated rings. The fourth-order valence-corrected chi connectivity index (χ4v) is 3.80. The summed E-state index contributed by atoms with van der Waals surface area (Å²) in [5.41, 5.74) is 2.55. The van der Waals surface area contributed by atoms with E-state index in [9.17, 15) is 4.79 Å². The van der Waals surface area contributed by atoms with Gasteiger partial charge in [0.15, 0.2) is 5.78 Å². The molecule has 0 spiro atoms. The van der Waals surface area contributed by atoms with Crippen molar-refractivity contribution in [1.29, 1.82) is 0 Å². The Labute approximate surface area is 130 Å². The summed E-state index contributed by atoms with van der Waals surface area (Å²) in [6.07, 6.45) is 12.0. The predicted molar refractivity (Wildman–Crippen MR) is 90.1 cm³/mol. The van der Waals surface area contributed by atoms with Crippen molar-refractivity contribution in [3.05, 3.63) is 35.5 Å². The lowest BCUT2D eigenvalue weighted by molar-refractivity contribution is -0.110. The van der Waals surface area contributed by atoms with E-state index in [1.165, 1.54) is 24.0 Å². The van der Waals surface area contributed by atoms with Crippen LogP contribution >= 0.6 is 0 Å². The van der Waals surface area contributed by atoms with Gasteiger partial charge in [-0.3, -0.25) is 4.79 Å². The molecule has 0 saturated carbocycles. The van der Waals surface area contributed by atoms with Gasteiger partial charge < -0.3 is 0 Å². The monoisotopic (exact) mass is 286 g/mol. The van der Waals surface area contributed by atoms with Gasteiger partial charge in [0.25, 0.3) is 0 Å². The Kier molecular flexibility index (Phi) is 4.33. The third-order valence-corrected chi connectivity index (χ3v) is 6.22. The van der Waals surface area contributed by atoms with Crippen molar-refractivity contribution in [3.63, 3.8) is 0 Å². The molecule has 0 aromatic rings. The number of rotatable bonds is 4. The minimum absolute atomic E-state index is 0.0649. The van der Waals surface area contributed by atoms with Crippen molar-refractivity contribution in [1.82, 2.24) is 0 Å². The normalized spacial score (nSPS) is 36.9. The number of fused-ring (bicyclic) bond motifs is 1. The summed E-state index contributed by atoms with van der Waals surface area (Å²) >= 11 is 0. The van der Waals surface area contributed by atoms with Crippen molar-refractivity contribution < 1.29 is 4.79 Å². The van der Waals surface area contributed by atoms with Gasteiger partial charge in [0, 0.05) is 5.41 Å². The molecule has 21 heavy (non-hydrogen) atoms. The van der Waals surface area contributed by atoms with E-state index in [0.717, 1.165) is 12.3 Å². The van der Waals surface area contributed by atoms with Gasteiger partial charge in [-0.25, -0.2) is 0 Å². The highest BCUT2D eigenvalue weighted by molar-refractivity contribution is 6.02. The molecule has 1 unspecified atom stereocenters. The maximum absolute atomic E-state index is 12.1. The Hall–Kier alpha value is -1.11. The quantitative estimate of drug-likeness (QED) is 0.625. The van der Waals surface area contributed by atoms with Crippen molar-refractivity contribution in [3.8, 4) is 0 Å². The maximum Gasteiger partial charge on any atom is 0.178 e. The molecule has 2 rings (SSSR count). The summed E-state index contributed by atoms with van der Waals surface area (Å²) in [7, 11) is 0. The van der Waals surface area contributed by atoms with E-state index in [0.29, 0.717) is 5.92 Å². The molecule has 0 N–H and O–H groups in total. The van der Waals surface area contributed by atoms with Crippen molar-refractivity contribution >= 4 is 5.78 Å². The summed E-state index contributed by atoms with van der Waals surface area (Å²) in [4.78, 5) is 12.1. The lowest BCUT2D eigenvalue weighted by atomic mass is 9.54. The third kappa shape index (κ3) is 2.67. The lowest BCUT2D eigenvalue weighted by Crippen LogP contribution is -2.41. The van der Waals surface area contributed by atoms with Gasteiger partial charge in [-0.15, -0.1) is 0 Å². The number of hydrogen-bond donors (Lipinski definition) is 0. The van der Waals surface area contributed by atoms with Gasteiger partial charge in [-0.2, -0.15) is 0 Å².